The summed E-state index contributed by atoms with van der Waals surface area (Å²) in [6.45, 7) is 3.23. The monoisotopic (exact) mass is 533 g/mol. The van der Waals surface area contributed by atoms with Crippen molar-refractivity contribution in [3.63, 3.8) is 0 Å². The molecular formula is C25H29Cl2N5O2S. The predicted molar refractivity (Wildman–Crippen MR) is 147 cm³/mol. The first-order valence-electron chi connectivity index (χ1n) is 10.8. The van der Waals surface area contributed by atoms with Crippen LogP contribution in [0.2, 0.25) is 0 Å². The van der Waals surface area contributed by atoms with Crippen LogP contribution in [0, 0.1) is 6.92 Å². The first-order chi connectivity index (χ1) is 16.2. The van der Waals surface area contributed by atoms with Gasteiger partial charge in [-0.2, -0.15) is 11.8 Å². The van der Waals surface area contributed by atoms with Gasteiger partial charge < -0.3 is 15.0 Å². The van der Waals surface area contributed by atoms with Crippen molar-refractivity contribution in [3.05, 3.63) is 106 Å². The Hall–Kier alpha value is -2.94. The Bertz CT molecular complexity index is 1230. The number of hydrogen-bond donors (Lipinski definition) is 3. The number of ether oxygens (including phenoxy) is 1. The zero-order valence-corrected chi connectivity index (χ0v) is 21.8. The molecule has 0 amide bonds. The number of anilines is 1. The number of aryl methyl sites for hydroxylation is 1. The van der Waals surface area contributed by atoms with E-state index in [1.165, 1.54) is 0 Å². The quantitative estimate of drug-likeness (QED) is 0.230. The fourth-order valence-corrected chi connectivity index (χ4v) is 4.16. The van der Waals surface area contributed by atoms with Crippen LogP contribution in [0.5, 0.6) is 5.75 Å². The summed E-state index contributed by atoms with van der Waals surface area (Å²) in [5.41, 5.74) is 4.77. The van der Waals surface area contributed by atoms with Gasteiger partial charge in [0, 0.05) is 41.9 Å². The van der Waals surface area contributed by atoms with Crippen LogP contribution < -0.4 is 15.6 Å². The molecule has 0 aliphatic rings. The Labute approximate surface area is 221 Å². The van der Waals surface area contributed by atoms with Gasteiger partial charge in [-0.3, -0.25) is 9.78 Å². The average molecular weight is 535 g/mol. The molecular weight excluding hydrogens is 505 g/mol. The van der Waals surface area contributed by atoms with E-state index in [0.29, 0.717) is 31.1 Å². The van der Waals surface area contributed by atoms with E-state index in [-0.39, 0.29) is 30.4 Å². The molecule has 2 aromatic heterocycles. The van der Waals surface area contributed by atoms with E-state index in [9.17, 15) is 4.79 Å². The lowest BCUT2D eigenvalue weighted by molar-refractivity contribution is 0.306. The van der Waals surface area contributed by atoms with E-state index >= 15 is 0 Å². The number of nitrogens with zero attached hydrogens (tertiary/aromatic N) is 2. The first kappa shape index (κ1) is 28.3. The summed E-state index contributed by atoms with van der Waals surface area (Å²) in [4.78, 5) is 27.1. The number of halogens is 2. The van der Waals surface area contributed by atoms with Crippen LogP contribution in [-0.2, 0) is 18.8 Å². The lowest BCUT2D eigenvalue weighted by Crippen LogP contribution is -2.18. The molecule has 0 aliphatic carbocycles. The molecule has 4 aromatic rings. The van der Waals surface area contributed by atoms with Gasteiger partial charge in [0.1, 0.15) is 12.4 Å². The molecule has 2 heterocycles. The Morgan fingerprint density at radius 1 is 1.03 bits per heavy atom. The van der Waals surface area contributed by atoms with E-state index < -0.39 is 0 Å². The highest BCUT2D eigenvalue weighted by molar-refractivity contribution is 7.98. The van der Waals surface area contributed by atoms with Crippen LogP contribution >= 0.6 is 36.6 Å². The molecule has 0 saturated heterocycles. The second kappa shape index (κ2) is 14.5. The number of benzene rings is 2. The Balaban J connectivity index is 0.00000216. The highest BCUT2D eigenvalue weighted by Crippen LogP contribution is 2.17. The van der Waals surface area contributed by atoms with Gasteiger partial charge in [0.2, 0.25) is 5.95 Å². The minimum Gasteiger partial charge on any atom is -0.489 e. The molecule has 7 nitrogen and oxygen atoms in total. The first-order valence-corrected chi connectivity index (χ1v) is 12.0. The number of imidazole rings is 1. The third-order valence-electron chi connectivity index (χ3n) is 5.13. The molecule has 0 radical (unpaired) electrons. The zero-order chi connectivity index (χ0) is 22.9. The van der Waals surface area contributed by atoms with Gasteiger partial charge in [-0.25, -0.2) is 9.97 Å². The normalized spacial score (nSPS) is 10.2. The molecule has 0 unspecified atom stereocenters. The summed E-state index contributed by atoms with van der Waals surface area (Å²) >= 11 is 1.78. The topological polar surface area (TPSA) is 95.7 Å². The maximum absolute atomic E-state index is 12.5. The van der Waals surface area contributed by atoms with Crippen molar-refractivity contribution in [1.29, 1.82) is 0 Å². The van der Waals surface area contributed by atoms with Crippen molar-refractivity contribution in [2.45, 2.75) is 25.7 Å². The van der Waals surface area contributed by atoms with Crippen molar-refractivity contribution in [2.75, 3.05) is 17.6 Å². The van der Waals surface area contributed by atoms with Gasteiger partial charge in [-0.1, -0.05) is 42.5 Å². The molecule has 2 aromatic carbocycles. The molecule has 186 valence electrons. The number of hydrogen-bond acceptors (Lipinski definition) is 6. The predicted octanol–water partition coefficient (Wildman–Crippen LogP) is 5.16. The Morgan fingerprint density at radius 2 is 1.83 bits per heavy atom. The van der Waals surface area contributed by atoms with E-state index in [1.54, 1.807) is 24.3 Å². The number of H-pyrrole nitrogens is 2. The van der Waals surface area contributed by atoms with E-state index in [4.69, 9.17) is 4.74 Å². The lowest BCUT2D eigenvalue weighted by atomic mass is 10.1. The highest BCUT2D eigenvalue weighted by atomic mass is 35.5. The molecule has 0 fully saturated rings. The number of thioether (sulfide) groups is 1. The van der Waals surface area contributed by atoms with Crippen molar-refractivity contribution >= 4 is 42.5 Å². The summed E-state index contributed by atoms with van der Waals surface area (Å²) in [7, 11) is 0. The van der Waals surface area contributed by atoms with E-state index in [2.05, 4.69) is 25.3 Å². The SMILES string of the molecule is Cc1[nH]cnc1CSCCNc1ncc(Cc2cccc(OCc3ccccc3)c2)c(=O)[nH]1.Cl.Cl. The molecule has 0 aliphatic heterocycles. The molecule has 0 saturated carbocycles. The van der Waals surface area contributed by atoms with E-state index in [0.717, 1.165) is 39.8 Å². The molecule has 10 heteroatoms. The van der Waals surface area contributed by atoms with Gasteiger partial charge >= 0.3 is 0 Å². The summed E-state index contributed by atoms with van der Waals surface area (Å²) < 4.78 is 5.89. The summed E-state index contributed by atoms with van der Waals surface area (Å²) in [5, 5.41) is 3.18. The smallest absolute Gasteiger partial charge is 0.255 e. The molecule has 4 rings (SSSR count). The molecule has 35 heavy (non-hydrogen) atoms. The van der Waals surface area contributed by atoms with Crippen LogP contribution in [0.4, 0.5) is 5.95 Å². The highest BCUT2D eigenvalue weighted by Gasteiger charge is 2.06. The second-order valence-corrected chi connectivity index (χ2v) is 8.74. The van der Waals surface area contributed by atoms with Crippen molar-refractivity contribution in [2.24, 2.45) is 0 Å². The van der Waals surface area contributed by atoms with Gasteiger partial charge in [-0.15, -0.1) is 24.8 Å². The van der Waals surface area contributed by atoms with Crippen LogP contribution in [0.3, 0.4) is 0 Å². The largest absolute Gasteiger partial charge is 0.489 e. The van der Waals surface area contributed by atoms with Crippen molar-refractivity contribution in [3.8, 4) is 5.75 Å². The second-order valence-electron chi connectivity index (χ2n) is 7.64. The van der Waals surface area contributed by atoms with Crippen LogP contribution in [0.1, 0.15) is 28.1 Å². The molecule has 0 spiro atoms. The summed E-state index contributed by atoms with van der Waals surface area (Å²) in [6, 6.07) is 17.8. The third-order valence-corrected chi connectivity index (χ3v) is 6.10. The Morgan fingerprint density at radius 3 is 2.57 bits per heavy atom. The number of rotatable bonds is 11. The van der Waals surface area contributed by atoms with Gasteiger partial charge in [0.15, 0.2) is 0 Å². The minimum atomic E-state index is -0.136. The maximum atomic E-state index is 12.5. The zero-order valence-electron chi connectivity index (χ0n) is 19.3. The van der Waals surface area contributed by atoms with E-state index in [1.807, 2.05) is 61.5 Å². The van der Waals surface area contributed by atoms with Crippen molar-refractivity contribution in [1.82, 2.24) is 19.9 Å². The third kappa shape index (κ3) is 8.65. The summed E-state index contributed by atoms with van der Waals surface area (Å²) in [6.07, 6.45) is 3.84. The fourth-order valence-electron chi connectivity index (χ4n) is 3.29. The Kier molecular flexibility index (Phi) is 11.7. The standard InChI is InChI=1S/C25H27N5O2S.2ClH/c1-18-23(29-17-28-18)16-33-11-10-26-25-27-14-21(24(31)30-25)12-20-8-5-9-22(13-20)32-15-19-6-3-2-4-7-19;;/h2-9,13-14,17H,10-12,15-16H2,1H3,(H,28,29)(H2,26,27,30,31);2*1H. The van der Waals surface area contributed by atoms with Gasteiger partial charge in [0.05, 0.1) is 12.0 Å². The average Bonchev–Trinajstić information content (AvgIpc) is 3.25. The maximum Gasteiger partial charge on any atom is 0.255 e. The van der Waals surface area contributed by atoms with Crippen LogP contribution in [-0.4, -0.2) is 32.2 Å². The molecule has 3 N–H and O–H groups in total. The van der Waals surface area contributed by atoms with Gasteiger partial charge in [-0.05, 0) is 30.2 Å². The minimum absolute atomic E-state index is 0. The molecule has 0 bridgehead atoms. The van der Waals surface area contributed by atoms with Gasteiger partial charge in [0.25, 0.3) is 5.56 Å². The number of aromatic nitrogens is 4. The van der Waals surface area contributed by atoms with Crippen LogP contribution in [0.15, 0.2) is 71.9 Å². The lowest BCUT2D eigenvalue weighted by Gasteiger charge is -2.09. The number of nitrogens with one attached hydrogen (secondary N) is 3. The van der Waals surface area contributed by atoms with Crippen molar-refractivity contribution < 1.29 is 4.74 Å². The summed E-state index contributed by atoms with van der Waals surface area (Å²) in [5.74, 6) is 3.00. The van der Waals surface area contributed by atoms with Crippen LogP contribution in [0.25, 0.3) is 0 Å². The molecule has 0 atom stereocenters. The number of aromatic amines is 2. The fraction of sp³-hybridized carbons (Fsp3) is 0.240.